The number of halogens is 1. The topological polar surface area (TPSA) is 9.23 Å². The number of hydrogen-bond acceptors (Lipinski definition) is 1. The second kappa shape index (κ2) is 11.8. The first-order valence-electron chi connectivity index (χ1n) is 12.4. The Kier molecular flexibility index (Phi) is 10.8. The van der Waals surface area contributed by atoms with Crippen molar-refractivity contribution < 1.29 is 8.82 Å². The summed E-state index contributed by atoms with van der Waals surface area (Å²) in [5.41, 5.74) is 0.433. The molecule has 0 N–H and O–H groups in total. The average molecular weight is 453 g/mol. The lowest BCUT2D eigenvalue weighted by Crippen LogP contribution is -2.63. The number of rotatable bonds is 13. The van der Waals surface area contributed by atoms with E-state index in [1.54, 1.807) is 12.1 Å². The van der Waals surface area contributed by atoms with Gasteiger partial charge in [0.2, 0.25) is 0 Å². The molecule has 30 heavy (non-hydrogen) atoms. The van der Waals surface area contributed by atoms with Crippen molar-refractivity contribution in [2.45, 2.75) is 128 Å². The Morgan fingerprint density at radius 2 is 1.50 bits per heavy atom. The van der Waals surface area contributed by atoms with Crippen LogP contribution < -0.4 is 4.43 Å². The van der Waals surface area contributed by atoms with E-state index in [0.29, 0.717) is 16.5 Å². The minimum Gasteiger partial charge on any atom is -0.541 e. The first-order chi connectivity index (χ1) is 14.0. The van der Waals surface area contributed by atoms with Gasteiger partial charge in [-0.3, -0.25) is 0 Å². The molecule has 1 aromatic rings. The van der Waals surface area contributed by atoms with E-state index >= 15 is 0 Å². The Morgan fingerprint density at radius 1 is 0.933 bits per heavy atom. The first-order valence-corrected chi connectivity index (χ1v) is 17.5. The maximum Gasteiger partial charge on any atom is 0.259 e. The summed E-state index contributed by atoms with van der Waals surface area (Å²) < 4.78 is 21.8. The van der Waals surface area contributed by atoms with Gasteiger partial charge in [0, 0.05) is 0 Å². The summed E-state index contributed by atoms with van der Waals surface area (Å²) in [6.07, 6.45) is 7.80. The molecule has 0 aliphatic heterocycles. The molecule has 0 aliphatic rings. The van der Waals surface area contributed by atoms with Gasteiger partial charge in [-0.05, 0) is 27.9 Å². The summed E-state index contributed by atoms with van der Waals surface area (Å²) >= 11 is 0. The quantitative estimate of drug-likeness (QED) is 0.214. The molecule has 2 atom stereocenters. The first kappa shape index (κ1) is 27.4. The summed E-state index contributed by atoms with van der Waals surface area (Å²) in [5.74, 6) is 0.268. The molecule has 0 saturated carbocycles. The standard InChI is InChI=1S/C26H49FOSi2/c1-10-13-14-15-16-21-25(29(9,11-2)12-3)30(22(4)5,26(6,7)8)28-24-20-18-17-19-23(24)27/h17-20,22,25H,10-16,21H2,1-9H3. The number of para-hydroxylation sites is 1. The van der Waals surface area contributed by atoms with E-state index in [0.717, 1.165) is 0 Å². The fourth-order valence-corrected chi connectivity index (χ4v) is 21.3. The molecule has 0 fully saturated rings. The smallest absolute Gasteiger partial charge is 0.259 e. The predicted octanol–water partition coefficient (Wildman–Crippen LogP) is 9.75. The normalized spacial score (nSPS) is 15.8. The van der Waals surface area contributed by atoms with E-state index in [1.165, 1.54) is 50.6 Å². The van der Waals surface area contributed by atoms with E-state index in [-0.39, 0.29) is 10.9 Å². The van der Waals surface area contributed by atoms with Crippen molar-refractivity contribution >= 4 is 16.4 Å². The maximum absolute atomic E-state index is 14.8. The monoisotopic (exact) mass is 452 g/mol. The van der Waals surface area contributed by atoms with E-state index in [1.807, 2.05) is 12.1 Å². The summed E-state index contributed by atoms with van der Waals surface area (Å²) in [7, 11) is -3.96. The Labute approximate surface area is 189 Å². The fourth-order valence-electron chi connectivity index (χ4n) is 5.62. The Morgan fingerprint density at radius 3 is 1.97 bits per heavy atom. The van der Waals surface area contributed by atoms with Gasteiger partial charge in [0.05, 0.1) is 8.07 Å². The van der Waals surface area contributed by atoms with Crippen LogP contribution in [0.25, 0.3) is 0 Å². The number of unbranched alkanes of at least 4 members (excludes halogenated alkanes) is 4. The third-order valence-electron chi connectivity index (χ3n) is 7.72. The molecule has 0 spiro atoms. The average Bonchev–Trinajstić information content (AvgIpc) is 2.69. The van der Waals surface area contributed by atoms with Crippen LogP contribution in [0.5, 0.6) is 5.75 Å². The van der Waals surface area contributed by atoms with Crippen LogP contribution in [0.2, 0.25) is 34.4 Å². The Hall–Kier alpha value is -0.616. The minimum absolute atomic E-state index is 0.0378. The minimum atomic E-state index is -2.40. The van der Waals surface area contributed by atoms with E-state index in [4.69, 9.17) is 4.43 Å². The van der Waals surface area contributed by atoms with Crippen molar-refractivity contribution in [2.24, 2.45) is 0 Å². The fraction of sp³-hybridized carbons (Fsp3) is 0.769. The zero-order valence-corrected chi connectivity index (χ0v) is 23.4. The molecule has 0 saturated heterocycles. The molecular weight excluding hydrogens is 403 g/mol. The molecule has 1 rings (SSSR count). The second-order valence-corrected chi connectivity index (χ2v) is 22.0. The lowest BCUT2D eigenvalue weighted by atomic mass is 10.1. The Bertz CT molecular complexity index is 622. The van der Waals surface area contributed by atoms with E-state index in [2.05, 4.69) is 61.9 Å². The molecule has 4 heteroatoms. The zero-order chi connectivity index (χ0) is 23.0. The van der Waals surface area contributed by atoms with Crippen molar-refractivity contribution in [1.29, 1.82) is 0 Å². The van der Waals surface area contributed by atoms with Crippen LogP contribution in [0.3, 0.4) is 0 Å². The molecule has 174 valence electrons. The predicted molar refractivity (Wildman–Crippen MR) is 137 cm³/mol. The van der Waals surface area contributed by atoms with Crippen LogP contribution >= 0.6 is 0 Å². The molecule has 0 amide bonds. The number of hydrogen-bond donors (Lipinski definition) is 0. The van der Waals surface area contributed by atoms with Crippen molar-refractivity contribution in [3.63, 3.8) is 0 Å². The largest absolute Gasteiger partial charge is 0.541 e. The highest BCUT2D eigenvalue weighted by Gasteiger charge is 2.60. The lowest BCUT2D eigenvalue weighted by Gasteiger charge is -2.55. The second-order valence-electron chi connectivity index (χ2n) is 10.8. The van der Waals surface area contributed by atoms with Gasteiger partial charge in [-0.25, -0.2) is 4.39 Å². The van der Waals surface area contributed by atoms with E-state index in [9.17, 15) is 4.39 Å². The molecule has 2 unspecified atom stereocenters. The molecule has 0 aliphatic carbocycles. The Balaban J connectivity index is 3.52. The molecule has 0 heterocycles. The van der Waals surface area contributed by atoms with Gasteiger partial charge in [-0.2, -0.15) is 0 Å². The van der Waals surface area contributed by atoms with Gasteiger partial charge in [-0.15, -0.1) is 0 Å². The van der Waals surface area contributed by atoms with Gasteiger partial charge in [-0.1, -0.05) is 125 Å². The van der Waals surface area contributed by atoms with Crippen LogP contribution in [0.1, 0.15) is 93.9 Å². The highest BCUT2D eigenvalue weighted by Crippen LogP contribution is 2.56. The van der Waals surface area contributed by atoms with Gasteiger partial charge in [0.25, 0.3) is 8.32 Å². The summed E-state index contributed by atoms with van der Waals surface area (Å²) in [5, 5.41) is 0.664. The third-order valence-corrected chi connectivity index (χ3v) is 22.2. The summed E-state index contributed by atoms with van der Waals surface area (Å²) in [6.45, 7) is 21.5. The van der Waals surface area contributed by atoms with Crippen molar-refractivity contribution in [3.05, 3.63) is 30.1 Å². The van der Waals surface area contributed by atoms with Crippen molar-refractivity contribution in [1.82, 2.24) is 0 Å². The zero-order valence-electron chi connectivity index (χ0n) is 21.4. The van der Waals surface area contributed by atoms with Crippen LogP contribution in [0, 0.1) is 5.82 Å². The molecule has 0 aromatic heterocycles. The molecule has 1 aromatic carbocycles. The maximum atomic E-state index is 14.8. The summed E-state index contributed by atoms with van der Waals surface area (Å²) in [6, 6.07) is 9.63. The molecular formula is C26H49FOSi2. The molecule has 0 bridgehead atoms. The van der Waals surface area contributed by atoms with Gasteiger partial charge in [0.15, 0.2) is 5.82 Å². The van der Waals surface area contributed by atoms with Crippen molar-refractivity contribution in [3.8, 4) is 5.75 Å². The number of benzene rings is 1. The van der Waals surface area contributed by atoms with Crippen molar-refractivity contribution in [2.75, 3.05) is 0 Å². The van der Waals surface area contributed by atoms with Gasteiger partial charge in [0.1, 0.15) is 5.75 Å². The highest BCUT2D eigenvalue weighted by molar-refractivity contribution is 6.98. The SMILES string of the molecule is CCCCCCCC([Si](C)(CC)CC)[Si](Oc1ccccc1F)(C(C)C)C(C)(C)C. The summed E-state index contributed by atoms with van der Waals surface area (Å²) in [4.78, 5) is 0. The van der Waals surface area contributed by atoms with Crippen LogP contribution in [-0.2, 0) is 0 Å². The lowest BCUT2D eigenvalue weighted by molar-refractivity contribution is 0.415. The molecule has 1 nitrogen and oxygen atoms in total. The van der Waals surface area contributed by atoms with Gasteiger partial charge < -0.3 is 4.43 Å². The third kappa shape index (κ3) is 6.21. The van der Waals surface area contributed by atoms with Crippen LogP contribution in [-0.4, -0.2) is 16.4 Å². The van der Waals surface area contributed by atoms with E-state index < -0.39 is 16.4 Å². The highest BCUT2D eigenvalue weighted by atomic mass is 28.4. The van der Waals surface area contributed by atoms with Crippen LogP contribution in [0.4, 0.5) is 4.39 Å². The van der Waals surface area contributed by atoms with Gasteiger partial charge >= 0.3 is 0 Å². The molecule has 0 radical (unpaired) electrons. The van der Waals surface area contributed by atoms with Crippen LogP contribution in [0.15, 0.2) is 24.3 Å².